The standard InChI is InChI=1S/C25H34N6O/c1-5-25(2,3)31-24(26-27-28-31)23(21-11-13-22(32-4)14-12-21)30-17-15-29(16-18-30)19-20-9-7-6-8-10-20/h6-14,23H,5,15-19H2,1-4H3/t23-/m1/s1. The van der Waals surface area contributed by atoms with Crippen molar-refractivity contribution in [2.45, 2.75) is 45.3 Å². The van der Waals surface area contributed by atoms with Crippen molar-refractivity contribution in [1.29, 1.82) is 0 Å². The molecule has 7 nitrogen and oxygen atoms in total. The first-order valence-electron chi connectivity index (χ1n) is 11.4. The van der Waals surface area contributed by atoms with Crippen LogP contribution in [0.4, 0.5) is 0 Å². The molecule has 1 atom stereocenters. The van der Waals surface area contributed by atoms with Crippen molar-refractivity contribution < 1.29 is 4.74 Å². The zero-order valence-electron chi connectivity index (χ0n) is 19.6. The lowest BCUT2D eigenvalue weighted by Gasteiger charge is -2.39. The third-order valence-electron chi connectivity index (χ3n) is 6.63. The number of ether oxygens (including phenoxy) is 1. The normalized spacial score (nSPS) is 16.8. The van der Waals surface area contributed by atoms with Gasteiger partial charge in [-0.05, 0) is 54.0 Å². The summed E-state index contributed by atoms with van der Waals surface area (Å²) in [6.45, 7) is 11.5. The molecule has 0 aliphatic carbocycles. The first kappa shape index (κ1) is 22.4. The van der Waals surface area contributed by atoms with Gasteiger partial charge in [-0.3, -0.25) is 9.80 Å². The van der Waals surface area contributed by atoms with E-state index in [0.29, 0.717) is 0 Å². The van der Waals surface area contributed by atoms with Crippen molar-refractivity contribution in [1.82, 2.24) is 30.0 Å². The second-order valence-corrected chi connectivity index (χ2v) is 9.09. The quantitative estimate of drug-likeness (QED) is 0.538. The molecule has 170 valence electrons. The number of hydrogen-bond donors (Lipinski definition) is 0. The Labute approximate surface area is 191 Å². The van der Waals surface area contributed by atoms with E-state index >= 15 is 0 Å². The fourth-order valence-corrected chi connectivity index (χ4v) is 4.28. The molecule has 0 amide bonds. The van der Waals surface area contributed by atoms with E-state index in [9.17, 15) is 0 Å². The third-order valence-corrected chi connectivity index (χ3v) is 6.63. The Bertz CT molecular complexity index is 977. The van der Waals surface area contributed by atoms with Crippen LogP contribution in [0.15, 0.2) is 54.6 Å². The molecule has 1 fully saturated rings. The smallest absolute Gasteiger partial charge is 0.173 e. The lowest BCUT2D eigenvalue weighted by Crippen LogP contribution is -2.48. The van der Waals surface area contributed by atoms with Gasteiger partial charge < -0.3 is 4.74 Å². The van der Waals surface area contributed by atoms with E-state index in [2.05, 4.69) is 88.6 Å². The molecule has 3 aromatic rings. The monoisotopic (exact) mass is 434 g/mol. The minimum absolute atomic E-state index is 0.000561. The minimum Gasteiger partial charge on any atom is -0.497 e. The fourth-order valence-electron chi connectivity index (χ4n) is 4.28. The van der Waals surface area contributed by atoms with Gasteiger partial charge in [0.05, 0.1) is 18.7 Å². The van der Waals surface area contributed by atoms with Crippen LogP contribution >= 0.6 is 0 Å². The number of methoxy groups -OCH3 is 1. The lowest BCUT2D eigenvalue weighted by atomic mass is 9.99. The first-order valence-corrected chi connectivity index (χ1v) is 11.4. The molecule has 2 heterocycles. The summed E-state index contributed by atoms with van der Waals surface area (Å²) in [4.78, 5) is 5.03. The molecule has 4 rings (SSSR count). The summed E-state index contributed by atoms with van der Waals surface area (Å²) >= 11 is 0. The second kappa shape index (κ2) is 9.79. The average Bonchev–Trinajstić information content (AvgIpc) is 3.32. The van der Waals surface area contributed by atoms with Gasteiger partial charge in [0.15, 0.2) is 5.82 Å². The molecule has 0 radical (unpaired) electrons. The topological polar surface area (TPSA) is 59.3 Å². The van der Waals surface area contributed by atoms with E-state index in [4.69, 9.17) is 4.74 Å². The Morgan fingerprint density at radius 3 is 2.28 bits per heavy atom. The number of benzene rings is 2. The van der Waals surface area contributed by atoms with Gasteiger partial charge in [0.25, 0.3) is 0 Å². The van der Waals surface area contributed by atoms with Crippen molar-refractivity contribution in [3.05, 3.63) is 71.5 Å². The summed E-state index contributed by atoms with van der Waals surface area (Å²) in [6.07, 6.45) is 0.950. The van der Waals surface area contributed by atoms with Crippen molar-refractivity contribution >= 4 is 0 Å². The van der Waals surface area contributed by atoms with E-state index < -0.39 is 0 Å². The maximum Gasteiger partial charge on any atom is 0.173 e. The summed E-state index contributed by atoms with van der Waals surface area (Å²) in [7, 11) is 1.70. The number of piperazine rings is 1. The highest BCUT2D eigenvalue weighted by molar-refractivity contribution is 5.32. The van der Waals surface area contributed by atoms with Crippen molar-refractivity contribution in [3.8, 4) is 5.75 Å². The van der Waals surface area contributed by atoms with E-state index in [1.54, 1.807) is 7.11 Å². The van der Waals surface area contributed by atoms with Gasteiger partial charge >= 0.3 is 0 Å². The molecule has 2 aromatic carbocycles. The SMILES string of the molecule is CCC(C)(C)n1nnnc1[C@@H](c1ccc(OC)cc1)N1CCN(Cc2ccccc2)CC1. The molecule has 0 saturated carbocycles. The number of rotatable bonds is 8. The molecule has 7 heteroatoms. The van der Waals surface area contributed by atoms with Crippen LogP contribution in [0, 0.1) is 0 Å². The van der Waals surface area contributed by atoms with Gasteiger partial charge in [0.2, 0.25) is 0 Å². The van der Waals surface area contributed by atoms with E-state index in [1.807, 2.05) is 16.8 Å². The molecule has 1 aliphatic heterocycles. The van der Waals surface area contributed by atoms with Crippen LogP contribution in [0.25, 0.3) is 0 Å². The van der Waals surface area contributed by atoms with Crippen LogP contribution in [0.2, 0.25) is 0 Å². The third kappa shape index (κ3) is 4.84. The van der Waals surface area contributed by atoms with Crippen molar-refractivity contribution in [3.63, 3.8) is 0 Å². The Morgan fingerprint density at radius 1 is 0.969 bits per heavy atom. The number of hydrogen-bond acceptors (Lipinski definition) is 6. The molecular formula is C25H34N6O. The van der Waals surface area contributed by atoms with E-state index in [0.717, 1.165) is 50.7 Å². The van der Waals surface area contributed by atoms with Gasteiger partial charge in [-0.1, -0.05) is 49.4 Å². The average molecular weight is 435 g/mol. The Kier molecular flexibility index (Phi) is 6.86. The number of tetrazole rings is 1. The Morgan fingerprint density at radius 2 is 1.66 bits per heavy atom. The van der Waals surface area contributed by atoms with Gasteiger partial charge in [-0.25, -0.2) is 4.68 Å². The van der Waals surface area contributed by atoms with E-state index in [1.165, 1.54) is 11.1 Å². The van der Waals surface area contributed by atoms with Gasteiger partial charge in [0, 0.05) is 32.7 Å². The molecule has 0 unspecified atom stereocenters. The highest BCUT2D eigenvalue weighted by atomic mass is 16.5. The van der Waals surface area contributed by atoms with Crippen LogP contribution in [-0.4, -0.2) is 63.3 Å². The number of aromatic nitrogens is 4. The molecule has 1 aromatic heterocycles. The molecular weight excluding hydrogens is 400 g/mol. The van der Waals surface area contributed by atoms with Gasteiger partial charge in [0.1, 0.15) is 5.75 Å². The lowest BCUT2D eigenvalue weighted by molar-refractivity contribution is 0.0972. The van der Waals surface area contributed by atoms with Crippen LogP contribution < -0.4 is 4.74 Å². The molecule has 1 aliphatic rings. The largest absolute Gasteiger partial charge is 0.497 e. The van der Waals surface area contributed by atoms with Crippen LogP contribution in [0.5, 0.6) is 5.75 Å². The Balaban J connectivity index is 1.59. The second-order valence-electron chi connectivity index (χ2n) is 9.09. The van der Waals surface area contributed by atoms with E-state index in [-0.39, 0.29) is 11.6 Å². The summed E-state index contributed by atoms with van der Waals surface area (Å²) in [6, 6.07) is 19.0. The maximum atomic E-state index is 5.39. The summed E-state index contributed by atoms with van der Waals surface area (Å²) in [5, 5.41) is 13.0. The summed E-state index contributed by atoms with van der Waals surface area (Å²) < 4.78 is 7.40. The number of nitrogens with zero attached hydrogens (tertiary/aromatic N) is 6. The van der Waals surface area contributed by atoms with Crippen molar-refractivity contribution in [2.24, 2.45) is 0 Å². The zero-order valence-corrected chi connectivity index (χ0v) is 19.6. The van der Waals surface area contributed by atoms with Crippen molar-refractivity contribution in [2.75, 3.05) is 33.3 Å². The molecule has 32 heavy (non-hydrogen) atoms. The van der Waals surface area contributed by atoms with Crippen LogP contribution in [-0.2, 0) is 12.1 Å². The summed E-state index contributed by atoms with van der Waals surface area (Å²) in [5.41, 5.74) is 2.39. The molecule has 0 spiro atoms. The van der Waals surface area contributed by atoms with Gasteiger partial charge in [-0.15, -0.1) is 5.10 Å². The van der Waals surface area contributed by atoms with Gasteiger partial charge in [-0.2, -0.15) is 0 Å². The fraction of sp³-hybridized carbons (Fsp3) is 0.480. The molecule has 0 N–H and O–H groups in total. The predicted octanol–water partition coefficient (Wildman–Crippen LogP) is 3.73. The zero-order chi connectivity index (χ0) is 22.6. The van der Waals surface area contributed by atoms with Crippen LogP contribution in [0.3, 0.4) is 0 Å². The maximum absolute atomic E-state index is 5.39. The molecule has 0 bridgehead atoms. The summed E-state index contributed by atoms with van der Waals surface area (Å²) in [5.74, 6) is 1.76. The van der Waals surface area contributed by atoms with Crippen LogP contribution in [0.1, 0.15) is 50.2 Å². The highest BCUT2D eigenvalue weighted by Gasteiger charge is 2.34. The predicted molar refractivity (Wildman–Crippen MR) is 126 cm³/mol. The first-order chi connectivity index (χ1) is 15.5. The molecule has 1 saturated heterocycles. The Hall–Kier alpha value is -2.77. The minimum atomic E-state index is -0.154. The highest BCUT2D eigenvalue weighted by Crippen LogP contribution is 2.32.